The van der Waals surface area contributed by atoms with Gasteiger partial charge in [0.05, 0.1) is 24.9 Å². The van der Waals surface area contributed by atoms with E-state index >= 15 is 0 Å². The Morgan fingerprint density at radius 3 is 1.85 bits per heavy atom. The Balaban J connectivity index is 2.03. The molecule has 3 atom stereocenters. The maximum atomic E-state index is 10.2. The van der Waals surface area contributed by atoms with Crippen molar-refractivity contribution in [3.63, 3.8) is 0 Å². The largest absolute Gasteiger partial charge is 0.406 e. The highest BCUT2D eigenvalue weighted by Crippen LogP contribution is 2.37. The molecule has 0 bridgehead atoms. The van der Waals surface area contributed by atoms with E-state index in [1.165, 1.54) is 10.4 Å². The van der Waals surface area contributed by atoms with Crippen molar-refractivity contribution in [2.45, 2.75) is 44.1 Å². The summed E-state index contributed by atoms with van der Waals surface area (Å²) in [6, 6.07) is 20.6. The van der Waals surface area contributed by atoms with Gasteiger partial charge >= 0.3 is 0 Å². The maximum absolute atomic E-state index is 10.2. The molecule has 0 spiro atoms. The molecule has 3 N–H and O–H groups in total. The van der Waals surface area contributed by atoms with Crippen LogP contribution in [0.25, 0.3) is 0 Å². The van der Waals surface area contributed by atoms with Gasteiger partial charge in [-0.1, -0.05) is 81.4 Å². The minimum absolute atomic E-state index is 0.0993. The Morgan fingerprint density at radius 1 is 0.962 bits per heavy atom. The van der Waals surface area contributed by atoms with Crippen molar-refractivity contribution in [2.24, 2.45) is 0 Å². The number of hydrogen-bond donors (Lipinski definition) is 3. The Labute approximate surface area is 157 Å². The van der Waals surface area contributed by atoms with Gasteiger partial charge in [-0.25, -0.2) is 0 Å². The van der Waals surface area contributed by atoms with Crippen LogP contribution in [0.4, 0.5) is 0 Å². The first kappa shape index (κ1) is 19.3. The molecule has 1 aliphatic rings. The molecule has 26 heavy (non-hydrogen) atoms. The Kier molecular flexibility index (Phi) is 5.65. The van der Waals surface area contributed by atoms with Crippen LogP contribution in [0.2, 0.25) is 5.04 Å². The molecule has 5 heteroatoms. The molecule has 0 aromatic heterocycles. The molecule has 3 rings (SSSR count). The van der Waals surface area contributed by atoms with Gasteiger partial charge in [0, 0.05) is 6.54 Å². The average molecular weight is 372 g/mol. The van der Waals surface area contributed by atoms with Gasteiger partial charge in [-0.05, 0) is 15.4 Å². The molecular formula is C21H29NO3Si. The minimum Gasteiger partial charge on any atom is -0.406 e. The van der Waals surface area contributed by atoms with Crippen molar-refractivity contribution in [1.82, 2.24) is 5.32 Å². The first-order valence-corrected chi connectivity index (χ1v) is 11.1. The van der Waals surface area contributed by atoms with Gasteiger partial charge in [0.2, 0.25) is 0 Å². The van der Waals surface area contributed by atoms with Crippen molar-refractivity contribution in [3.8, 4) is 0 Å². The van der Waals surface area contributed by atoms with Crippen molar-refractivity contribution in [3.05, 3.63) is 60.7 Å². The van der Waals surface area contributed by atoms with Crippen LogP contribution in [-0.4, -0.2) is 49.9 Å². The van der Waals surface area contributed by atoms with Gasteiger partial charge < -0.3 is 20.0 Å². The molecule has 140 valence electrons. The highest BCUT2D eigenvalue weighted by molar-refractivity contribution is 6.99. The lowest BCUT2D eigenvalue weighted by atomic mass is 10.1. The third-order valence-corrected chi connectivity index (χ3v) is 10.3. The number of aliphatic hydroxyl groups excluding tert-OH is 2. The molecule has 1 saturated heterocycles. The summed E-state index contributed by atoms with van der Waals surface area (Å²) in [5, 5.41) is 25.6. The van der Waals surface area contributed by atoms with Gasteiger partial charge in [-0.3, -0.25) is 0 Å². The standard InChI is InChI=1S/C21H29NO3Si/c1-21(2,3)26(16-10-6-4-7-11-16,17-12-8-5-9-13-17)25-15-18-20(24)19(23)14-22-18/h4-13,18-20,22-24H,14-15H2,1-3H3/t18-,19-,20-/m1/s1. The van der Waals surface area contributed by atoms with Gasteiger partial charge in [-0.2, -0.15) is 0 Å². The molecule has 0 saturated carbocycles. The normalized spacial score (nSPS) is 24.0. The van der Waals surface area contributed by atoms with Crippen molar-refractivity contribution in [1.29, 1.82) is 0 Å². The van der Waals surface area contributed by atoms with Gasteiger partial charge in [-0.15, -0.1) is 0 Å². The third-order valence-electron chi connectivity index (χ3n) is 5.29. The first-order chi connectivity index (χ1) is 12.4. The molecule has 0 amide bonds. The predicted molar refractivity (Wildman–Crippen MR) is 107 cm³/mol. The summed E-state index contributed by atoms with van der Waals surface area (Å²) in [4.78, 5) is 0. The molecule has 4 nitrogen and oxygen atoms in total. The van der Waals surface area contributed by atoms with E-state index in [0.29, 0.717) is 13.2 Å². The summed E-state index contributed by atoms with van der Waals surface area (Å²) >= 11 is 0. The van der Waals surface area contributed by atoms with Gasteiger partial charge in [0.25, 0.3) is 8.32 Å². The molecule has 2 aromatic rings. The van der Waals surface area contributed by atoms with Crippen molar-refractivity contribution >= 4 is 18.7 Å². The molecule has 1 fully saturated rings. The number of aliphatic hydroxyl groups is 2. The van der Waals surface area contributed by atoms with E-state index in [2.05, 4.69) is 74.6 Å². The molecule has 0 unspecified atom stereocenters. The van der Waals surface area contributed by atoms with Gasteiger partial charge in [0.1, 0.15) is 0 Å². The van der Waals surface area contributed by atoms with Crippen LogP contribution in [0.3, 0.4) is 0 Å². The van der Waals surface area contributed by atoms with Crippen LogP contribution < -0.4 is 15.7 Å². The van der Waals surface area contributed by atoms with Crippen molar-refractivity contribution in [2.75, 3.05) is 13.2 Å². The molecular weight excluding hydrogens is 342 g/mol. The fourth-order valence-corrected chi connectivity index (χ4v) is 8.50. The summed E-state index contributed by atoms with van der Waals surface area (Å²) in [5.74, 6) is 0. The van der Waals surface area contributed by atoms with Gasteiger partial charge in [0.15, 0.2) is 0 Å². The third kappa shape index (κ3) is 3.50. The van der Waals surface area contributed by atoms with Crippen LogP contribution in [0.5, 0.6) is 0 Å². The minimum atomic E-state index is -2.60. The summed E-state index contributed by atoms with van der Waals surface area (Å²) in [6.45, 7) is 7.45. The number of β-amino-alcohol motifs (C(OH)–C–C–N with tert-alkyl or cyclic N) is 1. The van der Waals surface area contributed by atoms with E-state index in [9.17, 15) is 10.2 Å². The zero-order valence-electron chi connectivity index (χ0n) is 15.7. The molecule has 1 heterocycles. The zero-order chi connectivity index (χ0) is 18.8. The first-order valence-electron chi connectivity index (χ1n) is 9.21. The van der Waals surface area contributed by atoms with Crippen LogP contribution >= 0.6 is 0 Å². The predicted octanol–water partition coefficient (Wildman–Crippen LogP) is 1.26. The van der Waals surface area contributed by atoms with Crippen LogP contribution in [0.15, 0.2) is 60.7 Å². The lowest BCUT2D eigenvalue weighted by molar-refractivity contribution is 0.0310. The van der Waals surface area contributed by atoms with E-state index in [-0.39, 0.29) is 11.1 Å². The van der Waals surface area contributed by atoms with Crippen LogP contribution in [0, 0.1) is 0 Å². The van der Waals surface area contributed by atoms with E-state index in [0.717, 1.165) is 0 Å². The molecule has 2 aromatic carbocycles. The lowest BCUT2D eigenvalue weighted by Gasteiger charge is -2.43. The Hall–Kier alpha value is -1.50. The summed E-state index contributed by atoms with van der Waals surface area (Å²) in [7, 11) is -2.60. The topological polar surface area (TPSA) is 61.7 Å². The molecule has 0 radical (unpaired) electrons. The van der Waals surface area contributed by atoms with E-state index in [1.807, 2.05) is 12.1 Å². The quantitative estimate of drug-likeness (QED) is 0.693. The highest BCUT2D eigenvalue weighted by atomic mass is 28.4. The van der Waals surface area contributed by atoms with E-state index < -0.39 is 20.5 Å². The summed E-state index contributed by atoms with van der Waals surface area (Å²) in [5.41, 5.74) is 0. The van der Waals surface area contributed by atoms with Crippen LogP contribution in [0.1, 0.15) is 20.8 Å². The summed E-state index contributed by atoms with van der Waals surface area (Å²) in [6.07, 6.45) is -1.53. The molecule has 0 aliphatic carbocycles. The lowest BCUT2D eigenvalue weighted by Crippen LogP contribution is -2.67. The smallest absolute Gasteiger partial charge is 0.261 e. The number of hydrogen-bond acceptors (Lipinski definition) is 4. The van der Waals surface area contributed by atoms with E-state index in [4.69, 9.17) is 4.43 Å². The second-order valence-corrected chi connectivity index (χ2v) is 12.4. The van der Waals surface area contributed by atoms with Crippen LogP contribution in [-0.2, 0) is 4.43 Å². The Bertz CT molecular complexity index is 663. The zero-order valence-corrected chi connectivity index (χ0v) is 16.7. The Morgan fingerprint density at radius 2 is 1.46 bits per heavy atom. The summed E-state index contributed by atoms with van der Waals surface area (Å²) < 4.78 is 6.77. The van der Waals surface area contributed by atoms with E-state index in [1.54, 1.807) is 0 Å². The fourth-order valence-electron chi connectivity index (χ4n) is 3.92. The average Bonchev–Trinajstić information content (AvgIpc) is 2.95. The van der Waals surface area contributed by atoms with Crippen molar-refractivity contribution < 1.29 is 14.6 Å². The number of nitrogens with one attached hydrogen (secondary N) is 1. The molecule has 1 aliphatic heterocycles. The highest BCUT2D eigenvalue weighted by Gasteiger charge is 2.51. The fraction of sp³-hybridized carbons (Fsp3) is 0.429. The second kappa shape index (κ2) is 7.62. The SMILES string of the molecule is CC(C)(C)[Si](OC[C@H]1NC[C@@H](O)[C@@H]1O)(c1ccccc1)c1ccccc1. The number of benzene rings is 2. The maximum Gasteiger partial charge on any atom is 0.261 e. The number of rotatable bonds is 5. The monoisotopic (exact) mass is 371 g/mol. The second-order valence-electron chi connectivity index (χ2n) is 8.05.